The number of hydrogen-bond acceptors (Lipinski definition) is 10. The molecule has 4 aliphatic rings. The van der Waals surface area contributed by atoms with Crippen molar-refractivity contribution in [3.63, 3.8) is 0 Å². The third-order valence-corrected chi connectivity index (χ3v) is 18.9. The number of rotatable bonds is 19. The third-order valence-electron chi connectivity index (χ3n) is 18.9. The third kappa shape index (κ3) is 92.0. The SMILES string of the molecule is CC.CC.CC.CC.CC.CC(C)(C)Oc1ccccc1.CC1(Oc2ccccc2)CCCC1.CC1(Oc2ccccc2)CCCCC1.CCC(C)(C)OC.CCC(C)(C)Oc1ccccc1.CCCC(C)(C)OC.CCCC(C)(C)Oc1ccccc1.COC(C)(C)C.COC1(C)CCCC1.COC1(C)CCCCC1.C[SiH3].C[SiH3].C[SiH3].C[SiH3].C[SiH3]. The van der Waals surface area contributed by atoms with Crippen molar-refractivity contribution in [2.45, 2.75) is 464 Å². The van der Waals surface area contributed by atoms with E-state index in [0.29, 0.717) is 0 Å². The van der Waals surface area contributed by atoms with Gasteiger partial charge in [0.1, 0.15) is 56.8 Å². The maximum Gasteiger partial charge on any atom is 0.120 e. The molecule has 4 fully saturated rings. The van der Waals surface area contributed by atoms with Crippen molar-refractivity contribution in [2.24, 2.45) is 0 Å². The first-order valence-corrected chi connectivity index (χ1v) is 58.7. The molecular formula is C106H214O10Si5. The van der Waals surface area contributed by atoms with E-state index in [1.165, 1.54) is 173 Å². The Kier molecular flexibility index (Phi) is 105. The standard InChI is InChI=1S/C13H18O.C12H16O.C12H18O.C11H16O.C10H14O.C8H16O.C7H14O.C7H16O.C6H14O.C5H12O.5C2H6.5CH6Si/c1-13(10-6-3-7-11-13)14-12-8-4-2-5-9-12;1-12(9-5-6-10-12)13-11-7-3-2-4-8-11;1-4-10-12(2,3)13-11-8-6-5-7-9-11;1-4-11(2,3)12-10-8-6-5-7-9-10;1-10(2,3)11-9-7-5-4-6-8-9;1-8(9-2)6-4-3-5-7-8;1-7(8-2)5-3-4-6-7;1-5-6-7(2,3)8-4;1-5-6(2,3)7-4;1-5(2,3)6-4;10*1-2/h2,4-5,8-9H,3,6-7,10-11H2,1H3;2-4,7-8H,5-6,9-10H2,1H3;5-9H,4,10H2,1-3H3;5-9H,4H2,1-3H3;4-8H,1-3H3;3-7H2,1-2H3;3-6H2,1-2H3;5-6H2,1-4H3;5H2,1-4H3;1-4H3;10*1-2H3. The number of hydrogen-bond donors (Lipinski definition) is 0. The second-order valence-electron chi connectivity index (χ2n) is 32.9. The van der Waals surface area contributed by atoms with Gasteiger partial charge >= 0.3 is 0 Å². The second kappa shape index (κ2) is 90.8. The van der Waals surface area contributed by atoms with Gasteiger partial charge in [0, 0.05) is 35.5 Å². The van der Waals surface area contributed by atoms with E-state index in [4.69, 9.17) is 47.4 Å². The minimum Gasteiger partial charge on any atom is -0.488 e. The smallest absolute Gasteiger partial charge is 0.120 e. The lowest BCUT2D eigenvalue weighted by molar-refractivity contribution is -0.0232. The van der Waals surface area contributed by atoms with Crippen LogP contribution in [0.25, 0.3) is 0 Å². The van der Waals surface area contributed by atoms with Gasteiger partial charge in [-0.3, -0.25) is 0 Å². The van der Waals surface area contributed by atoms with E-state index in [1.54, 1.807) is 21.3 Å². The zero-order valence-electron chi connectivity index (χ0n) is 90.0. The van der Waals surface area contributed by atoms with Crippen LogP contribution in [-0.2, 0) is 23.7 Å². The molecule has 15 heteroatoms. The van der Waals surface area contributed by atoms with Crippen LogP contribution in [0.2, 0.25) is 32.7 Å². The summed E-state index contributed by atoms with van der Waals surface area (Å²) in [4.78, 5) is 0. The molecule has 0 atom stereocenters. The summed E-state index contributed by atoms with van der Waals surface area (Å²) < 4.78 is 55.1. The molecule has 0 amide bonds. The van der Waals surface area contributed by atoms with Crippen molar-refractivity contribution in [3.8, 4) is 28.7 Å². The monoisotopic (exact) mass is 1790 g/mol. The summed E-state index contributed by atoms with van der Waals surface area (Å²) in [6.07, 6.45) is 29.9. The lowest BCUT2D eigenvalue weighted by atomic mass is 9.86. The Balaban J connectivity index is -0.000000121. The first-order valence-electron chi connectivity index (χ1n) is 48.7. The van der Waals surface area contributed by atoms with Crippen molar-refractivity contribution in [1.82, 2.24) is 0 Å². The topological polar surface area (TPSA) is 92.3 Å². The molecule has 121 heavy (non-hydrogen) atoms. The highest BCUT2D eigenvalue weighted by Gasteiger charge is 2.32. The predicted molar refractivity (Wildman–Crippen MR) is 569 cm³/mol. The van der Waals surface area contributed by atoms with Crippen molar-refractivity contribution in [3.05, 3.63) is 152 Å². The van der Waals surface area contributed by atoms with Crippen LogP contribution in [0.4, 0.5) is 0 Å². The minimum atomic E-state index is -0.0959. The zero-order valence-corrected chi connectivity index (χ0v) is 100.0. The molecule has 10 nitrogen and oxygen atoms in total. The molecule has 0 radical (unpaired) electrons. The van der Waals surface area contributed by atoms with Gasteiger partial charge in [0.2, 0.25) is 0 Å². The van der Waals surface area contributed by atoms with Gasteiger partial charge in [-0.2, -0.15) is 0 Å². The van der Waals surface area contributed by atoms with E-state index >= 15 is 0 Å². The summed E-state index contributed by atoms with van der Waals surface area (Å²) in [5, 5.41) is 0. The van der Waals surface area contributed by atoms with Gasteiger partial charge in [-0.05, 0) is 339 Å². The summed E-state index contributed by atoms with van der Waals surface area (Å²) in [5.74, 6) is 4.86. The van der Waals surface area contributed by atoms with Gasteiger partial charge in [-0.15, -0.1) is 0 Å². The van der Waals surface area contributed by atoms with Crippen LogP contribution in [0, 0.1) is 0 Å². The Labute approximate surface area is 773 Å². The zero-order chi connectivity index (χ0) is 96.6. The highest BCUT2D eigenvalue weighted by Crippen LogP contribution is 2.36. The van der Waals surface area contributed by atoms with Gasteiger partial charge in [0.25, 0.3) is 0 Å². The van der Waals surface area contributed by atoms with Gasteiger partial charge in [-0.1, -0.05) is 272 Å². The summed E-state index contributed by atoms with van der Waals surface area (Å²) in [6, 6.07) is 50.1. The molecule has 9 rings (SSSR count). The average molecular weight is 1790 g/mol. The molecule has 0 unspecified atom stereocenters. The normalized spacial score (nSPS) is 14.2. The van der Waals surface area contributed by atoms with Crippen LogP contribution in [-0.4, -0.2) is 143 Å². The number of methoxy groups -OCH3 is 5. The van der Waals surface area contributed by atoms with Crippen LogP contribution in [0.15, 0.2) is 152 Å². The van der Waals surface area contributed by atoms with Crippen molar-refractivity contribution >= 4 is 51.2 Å². The van der Waals surface area contributed by atoms with Crippen molar-refractivity contribution in [2.75, 3.05) is 35.5 Å². The Morgan fingerprint density at radius 1 is 0.248 bits per heavy atom. The summed E-state index contributed by atoms with van der Waals surface area (Å²) in [6.45, 7) is 77.1. The quantitative estimate of drug-likeness (QED) is 0.0744. The lowest BCUT2D eigenvalue weighted by Gasteiger charge is -2.34. The van der Waals surface area contributed by atoms with E-state index in [0.717, 1.165) is 60.9 Å². The van der Waals surface area contributed by atoms with Crippen LogP contribution in [0.5, 0.6) is 28.7 Å². The first-order chi connectivity index (χ1) is 57.3. The Bertz CT molecular complexity index is 2700. The van der Waals surface area contributed by atoms with Crippen molar-refractivity contribution in [1.29, 1.82) is 0 Å². The highest BCUT2D eigenvalue weighted by atomic mass is 28.2. The molecule has 4 aliphatic carbocycles. The van der Waals surface area contributed by atoms with E-state index in [9.17, 15) is 0 Å². The fourth-order valence-corrected chi connectivity index (χ4v) is 11.0. The van der Waals surface area contributed by atoms with E-state index < -0.39 is 0 Å². The minimum absolute atomic E-state index is 0.0417. The molecule has 0 N–H and O–H groups in total. The average Bonchev–Trinajstić information content (AvgIpc) is 1.79. The molecule has 0 heterocycles. The van der Waals surface area contributed by atoms with Crippen LogP contribution >= 0.6 is 0 Å². The van der Waals surface area contributed by atoms with E-state index in [2.05, 4.69) is 144 Å². The number of benzene rings is 5. The Morgan fingerprint density at radius 3 is 0.620 bits per heavy atom. The molecule has 0 aromatic heterocycles. The summed E-state index contributed by atoms with van der Waals surface area (Å²) >= 11 is 0. The first kappa shape index (κ1) is 140. The molecule has 0 bridgehead atoms. The molecule has 0 spiro atoms. The van der Waals surface area contributed by atoms with Crippen molar-refractivity contribution < 1.29 is 47.4 Å². The molecule has 4 saturated carbocycles. The van der Waals surface area contributed by atoms with Gasteiger partial charge in [0.15, 0.2) is 0 Å². The molecule has 0 aliphatic heterocycles. The van der Waals surface area contributed by atoms with Gasteiger partial charge in [-0.25, -0.2) is 0 Å². The fourth-order valence-electron chi connectivity index (χ4n) is 11.0. The van der Waals surface area contributed by atoms with Crippen LogP contribution < -0.4 is 23.7 Å². The maximum absolute atomic E-state index is 6.04. The number of ether oxygens (including phenoxy) is 10. The molecule has 5 aromatic carbocycles. The number of para-hydroxylation sites is 5. The van der Waals surface area contributed by atoms with E-state index in [-0.39, 0.29) is 56.0 Å². The van der Waals surface area contributed by atoms with E-state index in [1.807, 2.05) is 277 Å². The second-order valence-corrected chi connectivity index (χ2v) is 32.9. The molecule has 718 valence electrons. The highest BCUT2D eigenvalue weighted by molar-refractivity contribution is 6.06. The summed E-state index contributed by atoms with van der Waals surface area (Å²) in [5.41, 5.74) is 0.659. The summed E-state index contributed by atoms with van der Waals surface area (Å²) in [7, 11) is 15.4. The van der Waals surface area contributed by atoms with Gasteiger partial charge < -0.3 is 47.4 Å². The molecular weight excluding hydrogens is 1570 g/mol. The van der Waals surface area contributed by atoms with Gasteiger partial charge in [0.05, 0.1) is 28.0 Å². The predicted octanol–water partition coefficient (Wildman–Crippen LogP) is 28.9. The molecule has 0 saturated heterocycles. The maximum atomic E-state index is 6.04. The lowest BCUT2D eigenvalue weighted by Crippen LogP contribution is -2.34. The largest absolute Gasteiger partial charge is 0.488 e. The Morgan fingerprint density at radius 2 is 0.446 bits per heavy atom. The Hall–Kier alpha value is -4.02. The molecule has 5 aromatic rings. The van der Waals surface area contributed by atoms with Crippen LogP contribution in [0.3, 0.4) is 0 Å². The fraction of sp³-hybridized carbons (Fsp3) is 0.717. The van der Waals surface area contributed by atoms with Crippen LogP contribution in [0.1, 0.15) is 376 Å².